The molecule has 0 fully saturated rings. The van der Waals surface area contributed by atoms with Crippen LogP contribution < -0.4 is 5.32 Å². The second-order valence-corrected chi connectivity index (χ2v) is 5.39. The van der Waals surface area contributed by atoms with E-state index in [2.05, 4.69) is 36.3 Å². The Morgan fingerprint density at radius 3 is 2.21 bits per heavy atom. The lowest BCUT2D eigenvalue weighted by atomic mass is 10.0. The maximum Gasteiger partial charge on any atom is 0.0541 e. The highest BCUT2D eigenvalue weighted by molar-refractivity contribution is 5.03. The van der Waals surface area contributed by atoms with E-state index >= 15 is 0 Å². The van der Waals surface area contributed by atoms with Crippen molar-refractivity contribution >= 4 is 0 Å². The molecule has 0 aliphatic heterocycles. The van der Waals surface area contributed by atoms with Gasteiger partial charge in [-0.05, 0) is 25.0 Å². The predicted molar refractivity (Wildman–Crippen MR) is 83.1 cm³/mol. The van der Waals surface area contributed by atoms with Crippen LogP contribution in [0.3, 0.4) is 0 Å². The lowest BCUT2D eigenvalue weighted by Gasteiger charge is -2.18. The van der Waals surface area contributed by atoms with E-state index in [1.807, 2.05) is 12.3 Å². The third-order valence-corrected chi connectivity index (χ3v) is 3.61. The molecule has 1 heterocycles. The molecule has 0 bridgehead atoms. The Morgan fingerprint density at radius 1 is 1.00 bits per heavy atom. The van der Waals surface area contributed by atoms with E-state index in [4.69, 9.17) is 0 Å². The summed E-state index contributed by atoms with van der Waals surface area (Å²) in [5.74, 6) is 0. The number of pyridine rings is 1. The van der Waals surface area contributed by atoms with Crippen LogP contribution >= 0.6 is 0 Å². The topological polar surface area (TPSA) is 24.9 Å². The fourth-order valence-corrected chi connectivity index (χ4v) is 2.38. The molecule has 2 nitrogen and oxygen atoms in total. The molecule has 0 saturated carbocycles. The summed E-state index contributed by atoms with van der Waals surface area (Å²) in [6.45, 7) is 5.45. The Morgan fingerprint density at radius 2 is 1.68 bits per heavy atom. The summed E-state index contributed by atoms with van der Waals surface area (Å²) in [6.07, 6.45) is 12.5. The summed E-state index contributed by atoms with van der Waals surface area (Å²) in [7, 11) is 0. The largest absolute Gasteiger partial charge is 0.308 e. The third-order valence-electron chi connectivity index (χ3n) is 3.61. The van der Waals surface area contributed by atoms with Crippen molar-refractivity contribution in [3.8, 4) is 0 Å². The lowest BCUT2D eigenvalue weighted by molar-refractivity contribution is 0.415. The van der Waals surface area contributed by atoms with Crippen LogP contribution in [-0.4, -0.2) is 11.0 Å². The molecule has 1 aromatic heterocycles. The van der Waals surface area contributed by atoms with Gasteiger partial charge < -0.3 is 5.32 Å². The number of hydrogen-bond acceptors (Lipinski definition) is 2. The van der Waals surface area contributed by atoms with Crippen molar-refractivity contribution in [2.75, 3.05) is 0 Å². The van der Waals surface area contributed by atoms with E-state index in [1.54, 1.807) is 0 Å². The summed E-state index contributed by atoms with van der Waals surface area (Å²) in [4.78, 5) is 4.38. The first-order valence-corrected chi connectivity index (χ1v) is 8.00. The van der Waals surface area contributed by atoms with Crippen molar-refractivity contribution in [2.45, 2.75) is 77.8 Å². The highest BCUT2D eigenvalue weighted by Gasteiger charge is 2.07. The van der Waals surface area contributed by atoms with Gasteiger partial charge in [-0.3, -0.25) is 4.98 Å². The Labute approximate surface area is 119 Å². The molecule has 0 aliphatic rings. The smallest absolute Gasteiger partial charge is 0.0541 e. The van der Waals surface area contributed by atoms with E-state index in [9.17, 15) is 0 Å². The molecule has 1 aromatic rings. The minimum Gasteiger partial charge on any atom is -0.308 e. The van der Waals surface area contributed by atoms with Gasteiger partial charge in [-0.2, -0.15) is 0 Å². The summed E-state index contributed by atoms with van der Waals surface area (Å²) in [5, 5.41) is 3.69. The second kappa shape index (κ2) is 11.0. The molecule has 0 atom stereocenters. The first kappa shape index (κ1) is 16.2. The van der Waals surface area contributed by atoms with E-state index in [1.165, 1.54) is 51.4 Å². The highest BCUT2D eigenvalue weighted by atomic mass is 14.9. The summed E-state index contributed by atoms with van der Waals surface area (Å²) < 4.78 is 0. The molecular formula is C17H30N2. The van der Waals surface area contributed by atoms with Crippen LogP contribution in [-0.2, 0) is 6.54 Å². The molecule has 0 aliphatic carbocycles. The van der Waals surface area contributed by atoms with Gasteiger partial charge in [0.2, 0.25) is 0 Å². The van der Waals surface area contributed by atoms with Crippen LogP contribution in [0.2, 0.25) is 0 Å². The molecule has 108 valence electrons. The van der Waals surface area contributed by atoms with Crippen molar-refractivity contribution < 1.29 is 0 Å². The molecule has 0 saturated heterocycles. The van der Waals surface area contributed by atoms with Gasteiger partial charge in [0.05, 0.1) is 5.69 Å². The molecule has 0 unspecified atom stereocenters. The van der Waals surface area contributed by atoms with E-state index in [0.29, 0.717) is 6.04 Å². The van der Waals surface area contributed by atoms with Crippen LogP contribution in [0.1, 0.15) is 70.9 Å². The van der Waals surface area contributed by atoms with Crippen molar-refractivity contribution in [1.82, 2.24) is 10.3 Å². The van der Waals surface area contributed by atoms with Crippen LogP contribution in [0.5, 0.6) is 0 Å². The van der Waals surface area contributed by atoms with Crippen LogP contribution in [0.4, 0.5) is 0 Å². The van der Waals surface area contributed by atoms with Crippen LogP contribution in [0.15, 0.2) is 24.4 Å². The number of hydrogen-bond donors (Lipinski definition) is 1. The summed E-state index contributed by atoms with van der Waals surface area (Å²) >= 11 is 0. The zero-order valence-electron chi connectivity index (χ0n) is 12.7. The monoisotopic (exact) mass is 262 g/mol. The average Bonchev–Trinajstić information content (AvgIpc) is 2.45. The Kier molecular flexibility index (Phi) is 9.34. The van der Waals surface area contributed by atoms with Crippen molar-refractivity contribution in [1.29, 1.82) is 0 Å². The summed E-state index contributed by atoms with van der Waals surface area (Å²) in [5.41, 5.74) is 1.15. The van der Waals surface area contributed by atoms with Gasteiger partial charge in [0, 0.05) is 18.8 Å². The third kappa shape index (κ3) is 7.99. The molecule has 2 heteroatoms. The average molecular weight is 262 g/mol. The molecule has 0 radical (unpaired) electrons. The van der Waals surface area contributed by atoms with E-state index in [0.717, 1.165) is 12.2 Å². The van der Waals surface area contributed by atoms with Crippen LogP contribution in [0.25, 0.3) is 0 Å². The molecule has 1 rings (SSSR count). The zero-order valence-corrected chi connectivity index (χ0v) is 12.7. The second-order valence-electron chi connectivity index (χ2n) is 5.39. The van der Waals surface area contributed by atoms with Crippen molar-refractivity contribution in [3.05, 3.63) is 30.1 Å². The molecule has 0 amide bonds. The van der Waals surface area contributed by atoms with Crippen molar-refractivity contribution in [3.63, 3.8) is 0 Å². The maximum absolute atomic E-state index is 4.38. The van der Waals surface area contributed by atoms with E-state index < -0.39 is 0 Å². The highest BCUT2D eigenvalue weighted by Crippen LogP contribution is 2.11. The predicted octanol–water partition coefficient (Wildman–Crippen LogP) is 4.70. The fourth-order valence-electron chi connectivity index (χ4n) is 2.38. The summed E-state index contributed by atoms with van der Waals surface area (Å²) in [6, 6.07) is 6.80. The number of unbranched alkanes of at least 4 members (excludes halogenated alkanes) is 4. The minimum absolute atomic E-state index is 0.667. The van der Waals surface area contributed by atoms with Gasteiger partial charge in [0.15, 0.2) is 0 Å². The Balaban J connectivity index is 2.30. The molecular weight excluding hydrogens is 232 g/mol. The van der Waals surface area contributed by atoms with Gasteiger partial charge in [-0.15, -0.1) is 0 Å². The van der Waals surface area contributed by atoms with Gasteiger partial charge in [0.25, 0.3) is 0 Å². The lowest BCUT2D eigenvalue weighted by Crippen LogP contribution is -2.29. The quantitative estimate of drug-likeness (QED) is 0.585. The van der Waals surface area contributed by atoms with Crippen molar-refractivity contribution in [2.24, 2.45) is 0 Å². The van der Waals surface area contributed by atoms with Crippen LogP contribution in [0, 0.1) is 0 Å². The van der Waals surface area contributed by atoms with Gasteiger partial charge >= 0.3 is 0 Å². The normalized spacial score (nSPS) is 11.1. The maximum atomic E-state index is 4.38. The van der Waals surface area contributed by atoms with Gasteiger partial charge in [-0.25, -0.2) is 0 Å². The number of nitrogens with zero attached hydrogens (tertiary/aromatic N) is 1. The van der Waals surface area contributed by atoms with E-state index in [-0.39, 0.29) is 0 Å². The number of rotatable bonds is 11. The Hall–Kier alpha value is -0.890. The fraction of sp³-hybridized carbons (Fsp3) is 0.706. The SMILES string of the molecule is CCCCCC(CCCCC)NCc1ccccn1. The van der Waals surface area contributed by atoms with Gasteiger partial charge in [0.1, 0.15) is 0 Å². The number of nitrogens with one attached hydrogen (secondary N) is 1. The van der Waals surface area contributed by atoms with Gasteiger partial charge in [-0.1, -0.05) is 58.4 Å². The zero-order chi connectivity index (χ0) is 13.8. The molecule has 19 heavy (non-hydrogen) atoms. The Bertz CT molecular complexity index is 287. The first-order chi connectivity index (χ1) is 9.36. The first-order valence-electron chi connectivity index (χ1n) is 8.00. The minimum atomic E-state index is 0.667. The molecule has 1 N–H and O–H groups in total. The standard InChI is InChI=1S/C17H30N2/c1-3-5-7-11-16(12-8-6-4-2)19-15-17-13-9-10-14-18-17/h9-10,13-14,16,19H,3-8,11-12,15H2,1-2H3. The molecule has 0 aromatic carbocycles. The number of aromatic nitrogens is 1. The molecule has 0 spiro atoms.